The summed E-state index contributed by atoms with van der Waals surface area (Å²) in [5.74, 6) is 0.479. The SMILES string of the molecule is Cc1nc(SCC(=O)c2cc(C)n(C[C@H]3CCCO3)c2C)nc(C)c1C. The summed E-state index contributed by atoms with van der Waals surface area (Å²) in [6.45, 7) is 11.7. The van der Waals surface area contributed by atoms with Gasteiger partial charge < -0.3 is 9.30 Å². The fourth-order valence-electron chi connectivity index (χ4n) is 3.37. The Hall–Kier alpha value is -1.66. The Kier molecular flexibility index (Phi) is 5.82. The number of ketones is 1. The van der Waals surface area contributed by atoms with E-state index in [4.69, 9.17) is 4.74 Å². The quantitative estimate of drug-likeness (QED) is 0.436. The molecule has 0 unspecified atom stereocenters. The Labute approximate surface area is 159 Å². The summed E-state index contributed by atoms with van der Waals surface area (Å²) < 4.78 is 7.96. The standard InChI is InChI=1S/C20H27N3O2S/c1-12-9-18(16(5)23(12)10-17-7-6-8-25-17)19(24)11-26-20-21-14(3)13(2)15(4)22-20/h9,17H,6-8,10-11H2,1-5H3/t17-/m1/s1. The van der Waals surface area contributed by atoms with Crippen LogP contribution in [-0.4, -0.2) is 38.8 Å². The molecule has 1 fully saturated rings. The lowest BCUT2D eigenvalue weighted by Gasteiger charge is -2.14. The molecule has 1 atom stereocenters. The zero-order valence-corrected chi connectivity index (χ0v) is 17.1. The Morgan fingerprint density at radius 3 is 2.54 bits per heavy atom. The molecule has 0 aromatic carbocycles. The minimum atomic E-state index is 0.126. The summed E-state index contributed by atoms with van der Waals surface area (Å²) in [6, 6.07) is 2.00. The third-order valence-corrected chi connectivity index (χ3v) is 6.08. The van der Waals surface area contributed by atoms with E-state index in [-0.39, 0.29) is 11.9 Å². The van der Waals surface area contributed by atoms with Crippen LogP contribution >= 0.6 is 11.8 Å². The third-order valence-electron chi connectivity index (χ3n) is 5.23. The van der Waals surface area contributed by atoms with E-state index in [9.17, 15) is 4.79 Å². The lowest BCUT2D eigenvalue weighted by molar-refractivity contribution is 0.0957. The smallest absolute Gasteiger partial charge is 0.188 e. The topological polar surface area (TPSA) is 57.0 Å². The third kappa shape index (κ3) is 4.01. The molecule has 0 radical (unpaired) electrons. The average molecular weight is 374 g/mol. The summed E-state index contributed by atoms with van der Waals surface area (Å²) >= 11 is 1.41. The first kappa shape index (κ1) is 19.1. The highest BCUT2D eigenvalue weighted by Crippen LogP contribution is 2.23. The van der Waals surface area contributed by atoms with Gasteiger partial charge in [-0.3, -0.25) is 4.79 Å². The summed E-state index contributed by atoms with van der Waals surface area (Å²) in [5.41, 5.74) is 6.00. The zero-order valence-electron chi connectivity index (χ0n) is 16.3. The maximum absolute atomic E-state index is 12.8. The van der Waals surface area contributed by atoms with E-state index >= 15 is 0 Å². The van der Waals surface area contributed by atoms with E-state index < -0.39 is 0 Å². The molecule has 6 heteroatoms. The van der Waals surface area contributed by atoms with Crippen LogP contribution < -0.4 is 0 Å². The second-order valence-electron chi connectivity index (χ2n) is 7.04. The van der Waals surface area contributed by atoms with Crippen molar-refractivity contribution in [3.63, 3.8) is 0 Å². The first-order valence-electron chi connectivity index (χ1n) is 9.13. The number of aromatic nitrogens is 3. The number of hydrogen-bond acceptors (Lipinski definition) is 5. The van der Waals surface area contributed by atoms with Crippen LogP contribution in [-0.2, 0) is 11.3 Å². The van der Waals surface area contributed by atoms with Gasteiger partial charge in [-0.1, -0.05) is 11.8 Å². The van der Waals surface area contributed by atoms with Crippen molar-refractivity contribution in [2.45, 2.75) is 65.3 Å². The molecule has 140 valence electrons. The van der Waals surface area contributed by atoms with Gasteiger partial charge in [-0.25, -0.2) is 9.97 Å². The van der Waals surface area contributed by atoms with Crippen molar-refractivity contribution < 1.29 is 9.53 Å². The molecule has 1 aliphatic heterocycles. The van der Waals surface area contributed by atoms with E-state index in [0.717, 1.165) is 59.9 Å². The van der Waals surface area contributed by atoms with Gasteiger partial charge in [0.2, 0.25) is 0 Å². The van der Waals surface area contributed by atoms with E-state index in [1.54, 1.807) is 0 Å². The molecular weight excluding hydrogens is 346 g/mol. The molecule has 3 rings (SSSR count). The Morgan fingerprint density at radius 2 is 1.92 bits per heavy atom. The van der Waals surface area contributed by atoms with Crippen molar-refractivity contribution in [1.82, 2.24) is 14.5 Å². The van der Waals surface area contributed by atoms with Crippen LogP contribution in [0.3, 0.4) is 0 Å². The van der Waals surface area contributed by atoms with Crippen LogP contribution in [0.2, 0.25) is 0 Å². The normalized spacial score (nSPS) is 17.0. The zero-order chi connectivity index (χ0) is 18.8. The molecular formula is C20H27N3O2S. The molecule has 5 nitrogen and oxygen atoms in total. The molecule has 0 aliphatic carbocycles. The van der Waals surface area contributed by atoms with Gasteiger partial charge in [-0.2, -0.15) is 0 Å². The van der Waals surface area contributed by atoms with Gasteiger partial charge in [-0.05, 0) is 59.1 Å². The van der Waals surface area contributed by atoms with Crippen LogP contribution in [0.15, 0.2) is 11.2 Å². The largest absolute Gasteiger partial charge is 0.376 e. The second kappa shape index (κ2) is 7.92. The van der Waals surface area contributed by atoms with Crippen molar-refractivity contribution in [3.05, 3.63) is 40.0 Å². The van der Waals surface area contributed by atoms with Crippen molar-refractivity contribution in [3.8, 4) is 0 Å². The fraction of sp³-hybridized carbons (Fsp3) is 0.550. The molecule has 1 aliphatic rings. The predicted molar refractivity (Wildman–Crippen MR) is 104 cm³/mol. The number of carbonyl (C=O) groups excluding carboxylic acids is 1. The predicted octanol–water partition coefficient (Wildman–Crippen LogP) is 3.97. The number of thioether (sulfide) groups is 1. The monoisotopic (exact) mass is 373 g/mol. The van der Waals surface area contributed by atoms with E-state index in [1.165, 1.54) is 11.8 Å². The molecule has 0 saturated carbocycles. The number of rotatable bonds is 6. The minimum Gasteiger partial charge on any atom is -0.376 e. The molecule has 0 amide bonds. The molecule has 26 heavy (non-hydrogen) atoms. The van der Waals surface area contributed by atoms with Gasteiger partial charge in [0.05, 0.1) is 11.9 Å². The highest BCUT2D eigenvalue weighted by Gasteiger charge is 2.21. The van der Waals surface area contributed by atoms with Gasteiger partial charge in [-0.15, -0.1) is 0 Å². The summed E-state index contributed by atoms with van der Waals surface area (Å²) in [5, 5.41) is 0.673. The highest BCUT2D eigenvalue weighted by molar-refractivity contribution is 7.99. The lowest BCUT2D eigenvalue weighted by atomic mass is 10.2. The molecule has 1 saturated heterocycles. The van der Waals surface area contributed by atoms with Crippen LogP contribution in [0.25, 0.3) is 0 Å². The Morgan fingerprint density at radius 1 is 1.23 bits per heavy atom. The van der Waals surface area contributed by atoms with Crippen LogP contribution in [0, 0.1) is 34.6 Å². The maximum atomic E-state index is 12.8. The van der Waals surface area contributed by atoms with Gasteiger partial charge in [0, 0.05) is 41.5 Å². The van der Waals surface area contributed by atoms with Crippen molar-refractivity contribution in [1.29, 1.82) is 0 Å². The minimum absolute atomic E-state index is 0.126. The van der Waals surface area contributed by atoms with E-state index in [2.05, 4.69) is 21.5 Å². The van der Waals surface area contributed by atoms with Gasteiger partial charge in [0.1, 0.15) is 0 Å². The molecule has 2 aromatic heterocycles. The van der Waals surface area contributed by atoms with Gasteiger partial charge >= 0.3 is 0 Å². The number of aryl methyl sites for hydroxylation is 3. The van der Waals surface area contributed by atoms with Gasteiger partial charge in [0.25, 0.3) is 0 Å². The van der Waals surface area contributed by atoms with Crippen LogP contribution in [0.4, 0.5) is 0 Å². The van der Waals surface area contributed by atoms with Crippen LogP contribution in [0.1, 0.15) is 51.5 Å². The van der Waals surface area contributed by atoms with E-state index in [0.29, 0.717) is 10.9 Å². The number of nitrogens with zero attached hydrogens (tertiary/aromatic N) is 3. The Balaban J connectivity index is 1.70. The Bertz CT molecular complexity index is 800. The fourth-order valence-corrected chi connectivity index (χ4v) is 4.19. The molecule has 0 bridgehead atoms. The van der Waals surface area contributed by atoms with Crippen LogP contribution in [0.5, 0.6) is 0 Å². The lowest BCUT2D eigenvalue weighted by Crippen LogP contribution is -2.17. The summed E-state index contributed by atoms with van der Waals surface area (Å²) in [4.78, 5) is 21.7. The first-order chi connectivity index (χ1) is 12.4. The second-order valence-corrected chi connectivity index (χ2v) is 7.99. The molecule has 0 spiro atoms. The van der Waals surface area contributed by atoms with E-state index in [1.807, 2.05) is 33.8 Å². The first-order valence-corrected chi connectivity index (χ1v) is 10.1. The summed E-state index contributed by atoms with van der Waals surface area (Å²) in [7, 11) is 0. The maximum Gasteiger partial charge on any atom is 0.188 e. The number of carbonyl (C=O) groups is 1. The molecule has 2 aromatic rings. The van der Waals surface area contributed by atoms with Gasteiger partial charge in [0.15, 0.2) is 10.9 Å². The van der Waals surface area contributed by atoms with Crippen molar-refractivity contribution >= 4 is 17.5 Å². The number of ether oxygens (including phenoxy) is 1. The van der Waals surface area contributed by atoms with Crippen molar-refractivity contribution in [2.24, 2.45) is 0 Å². The number of hydrogen-bond donors (Lipinski definition) is 0. The van der Waals surface area contributed by atoms with Crippen molar-refractivity contribution in [2.75, 3.05) is 12.4 Å². The average Bonchev–Trinajstić information content (AvgIpc) is 3.21. The highest BCUT2D eigenvalue weighted by atomic mass is 32.2. The molecule has 3 heterocycles. The molecule has 0 N–H and O–H groups in total. The summed E-state index contributed by atoms with van der Waals surface area (Å²) in [6.07, 6.45) is 2.49. The number of Topliss-reactive ketones (excluding diaryl/α,β-unsaturated/α-hetero) is 1.